The van der Waals surface area contributed by atoms with Crippen molar-refractivity contribution >= 4 is 6.03 Å². The molecule has 0 aliphatic carbocycles. The highest BCUT2D eigenvalue weighted by atomic mass is 16.2. The molecule has 0 unspecified atom stereocenters. The Morgan fingerprint density at radius 1 is 1.24 bits per heavy atom. The fraction of sp³-hybridized carbons (Fsp3) is 0.500. The summed E-state index contributed by atoms with van der Waals surface area (Å²) >= 11 is 0. The predicted molar refractivity (Wildman–Crippen MR) is 94.3 cm³/mol. The van der Waals surface area contributed by atoms with Gasteiger partial charge >= 0.3 is 6.03 Å². The molecular weight excluding hydrogens is 316 g/mol. The summed E-state index contributed by atoms with van der Waals surface area (Å²) in [6, 6.07) is 6.41. The molecule has 7 nitrogen and oxygen atoms in total. The van der Waals surface area contributed by atoms with E-state index in [0.29, 0.717) is 12.6 Å². The van der Waals surface area contributed by atoms with Crippen LogP contribution >= 0.6 is 0 Å². The third-order valence-corrected chi connectivity index (χ3v) is 5.17. The van der Waals surface area contributed by atoms with Crippen LogP contribution in [0, 0.1) is 0 Å². The van der Waals surface area contributed by atoms with Crippen LogP contribution in [0.1, 0.15) is 31.2 Å². The third-order valence-electron chi connectivity index (χ3n) is 5.17. The lowest BCUT2D eigenvalue weighted by Crippen LogP contribution is -2.49. The molecule has 2 aromatic heterocycles. The second-order valence-electron chi connectivity index (χ2n) is 6.79. The zero-order chi connectivity index (χ0) is 17.1. The number of urea groups is 1. The van der Waals surface area contributed by atoms with E-state index < -0.39 is 0 Å². The van der Waals surface area contributed by atoms with Crippen molar-refractivity contribution in [2.45, 2.75) is 44.3 Å². The molecule has 2 amide bonds. The van der Waals surface area contributed by atoms with Crippen molar-refractivity contribution in [3.8, 4) is 5.82 Å². The molecule has 2 atom stereocenters. The lowest BCUT2D eigenvalue weighted by atomic mass is 9.99. The predicted octanol–water partition coefficient (Wildman–Crippen LogP) is 1.69. The van der Waals surface area contributed by atoms with Crippen LogP contribution in [0.4, 0.5) is 4.79 Å². The Hall–Kier alpha value is -2.41. The number of pyridine rings is 1. The molecular formula is C18H24N6O. The molecule has 0 radical (unpaired) electrons. The Morgan fingerprint density at radius 2 is 2.20 bits per heavy atom. The van der Waals surface area contributed by atoms with E-state index in [9.17, 15) is 4.79 Å². The van der Waals surface area contributed by atoms with Crippen LogP contribution < -0.4 is 10.6 Å². The number of carbonyl (C=O) groups is 1. The molecule has 4 rings (SSSR count). The van der Waals surface area contributed by atoms with Gasteiger partial charge in [0, 0.05) is 43.8 Å². The van der Waals surface area contributed by atoms with Gasteiger partial charge in [-0.1, -0.05) is 6.42 Å². The molecule has 7 heteroatoms. The maximum atomic E-state index is 12.3. The van der Waals surface area contributed by atoms with Gasteiger partial charge in [0.25, 0.3) is 0 Å². The van der Waals surface area contributed by atoms with E-state index >= 15 is 0 Å². The third kappa shape index (κ3) is 3.66. The molecule has 2 saturated heterocycles. The standard InChI is InChI=1S/C18H24N6O/c25-18(22-15-6-11-23-9-2-1-4-16(15)23)20-13-14-5-8-19-17(12-14)24-10-3-7-21-24/h3,5,7-8,10,12,15-16H,1-2,4,6,9,11,13H2,(H2,20,22,25)/t15-,16-/m0/s1. The van der Waals surface area contributed by atoms with Crippen LogP contribution in [-0.4, -0.2) is 50.9 Å². The minimum atomic E-state index is -0.0881. The topological polar surface area (TPSA) is 75.1 Å². The summed E-state index contributed by atoms with van der Waals surface area (Å²) < 4.78 is 1.71. The van der Waals surface area contributed by atoms with Crippen molar-refractivity contribution in [2.24, 2.45) is 0 Å². The van der Waals surface area contributed by atoms with E-state index in [-0.39, 0.29) is 12.1 Å². The van der Waals surface area contributed by atoms with Crippen LogP contribution in [-0.2, 0) is 6.54 Å². The van der Waals surface area contributed by atoms with E-state index in [1.807, 2.05) is 24.4 Å². The average molecular weight is 340 g/mol. The van der Waals surface area contributed by atoms with Gasteiger partial charge in [-0.2, -0.15) is 5.10 Å². The summed E-state index contributed by atoms with van der Waals surface area (Å²) in [5.41, 5.74) is 1.00. The van der Waals surface area contributed by atoms with Gasteiger partial charge in [0.15, 0.2) is 5.82 Å². The normalized spacial score (nSPS) is 23.2. The summed E-state index contributed by atoms with van der Waals surface area (Å²) in [5, 5.41) is 10.3. The maximum absolute atomic E-state index is 12.3. The summed E-state index contributed by atoms with van der Waals surface area (Å²) in [7, 11) is 0. The van der Waals surface area contributed by atoms with Gasteiger partial charge < -0.3 is 10.6 Å². The van der Waals surface area contributed by atoms with Gasteiger partial charge in [-0.15, -0.1) is 0 Å². The molecule has 25 heavy (non-hydrogen) atoms. The Kier molecular flexibility index (Phi) is 4.65. The van der Waals surface area contributed by atoms with Gasteiger partial charge in [0.2, 0.25) is 0 Å². The fourth-order valence-corrected chi connectivity index (χ4v) is 3.92. The highest BCUT2D eigenvalue weighted by molar-refractivity contribution is 5.74. The van der Waals surface area contributed by atoms with E-state index in [1.165, 1.54) is 25.8 Å². The molecule has 0 saturated carbocycles. The van der Waals surface area contributed by atoms with Crippen LogP contribution in [0.15, 0.2) is 36.8 Å². The van der Waals surface area contributed by atoms with Crippen molar-refractivity contribution in [2.75, 3.05) is 13.1 Å². The van der Waals surface area contributed by atoms with Gasteiger partial charge in [-0.05, 0) is 49.6 Å². The summed E-state index contributed by atoms with van der Waals surface area (Å²) in [6.45, 7) is 2.76. The monoisotopic (exact) mass is 340 g/mol. The first-order chi connectivity index (χ1) is 12.3. The first-order valence-corrected chi connectivity index (χ1v) is 9.03. The Bertz CT molecular complexity index is 716. The van der Waals surface area contributed by atoms with Crippen molar-refractivity contribution in [1.82, 2.24) is 30.3 Å². The average Bonchev–Trinajstić information content (AvgIpc) is 3.31. The fourth-order valence-electron chi connectivity index (χ4n) is 3.92. The van der Waals surface area contributed by atoms with Crippen molar-refractivity contribution < 1.29 is 4.79 Å². The number of aromatic nitrogens is 3. The molecule has 2 N–H and O–H groups in total. The van der Waals surface area contributed by atoms with Gasteiger partial charge in [-0.3, -0.25) is 4.90 Å². The number of carbonyl (C=O) groups excluding carboxylic acids is 1. The van der Waals surface area contributed by atoms with Crippen molar-refractivity contribution in [3.63, 3.8) is 0 Å². The maximum Gasteiger partial charge on any atom is 0.315 e. The largest absolute Gasteiger partial charge is 0.334 e. The smallest absolute Gasteiger partial charge is 0.315 e. The molecule has 2 fully saturated rings. The molecule has 2 aliphatic heterocycles. The Labute approximate surface area is 147 Å². The highest BCUT2D eigenvalue weighted by Crippen LogP contribution is 2.27. The first-order valence-electron chi connectivity index (χ1n) is 9.03. The van der Waals surface area contributed by atoms with Crippen LogP contribution in [0.25, 0.3) is 5.82 Å². The van der Waals surface area contributed by atoms with E-state index in [1.54, 1.807) is 17.1 Å². The Morgan fingerprint density at radius 3 is 3.08 bits per heavy atom. The number of nitrogens with zero attached hydrogens (tertiary/aromatic N) is 4. The SMILES string of the molecule is O=C(NCc1ccnc(-n2cccn2)c1)N[C@H]1CCN2CCCC[C@@H]12. The number of hydrogen-bond donors (Lipinski definition) is 2. The van der Waals surface area contributed by atoms with E-state index in [0.717, 1.165) is 24.3 Å². The van der Waals surface area contributed by atoms with Gasteiger partial charge in [0.1, 0.15) is 0 Å². The summed E-state index contributed by atoms with van der Waals surface area (Å²) in [4.78, 5) is 19.1. The molecule has 0 aromatic carbocycles. The lowest BCUT2D eigenvalue weighted by Gasteiger charge is -2.32. The van der Waals surface area contributed by atoms with Gasteiger partial charge in [-0.25, -0.2) is 14.5 Å². The molecule has 132 valence electrons. The summed E-state index contributed by atoms with van der Waals surface area (Å²) in [5.74, 6) is 0.748. The minimum Gasteiger partial charge on any atom is -0.334 e. The number of nitrogens with one attached hydrogen (secondary N) is 2. The molecule has 4 heterocycles. The molecule has 0 bridgehead atoms. The second-order valence-corrected chi connectivity index (χ2v) is 6.79. The van der Waals surface area contributed by atoms with Crippen molar-refractivity contribution in [1.29, 1.82) is 0 Å². The van der Waals surface area contributed by atoms with Crippen LogP contribution in [0.5, 0.6) is 0 Å². The van der Waals surface area contributed by atoms with E-state index in [4.69, 9.17) is 0 Å². The van der Waals surface area contributed by atoms with Crippen LogP contribution in [0.3, 0.4) is 0 Å². The number of piperidine rings is 1. The highest BCUT2D eigenvalue weighted by Gasteiger charge is 2.36. The number of hydrogen-bond acceptors (Lipinski definition) is 4. The number of amides is 2. The number of fused-ring (bicyclic) bond motifs is 1. The Balaban J connectivity index is 1.31. The molecule has 0 spiro atoms. The van der Waals surface area contributed by atoms with Gasteiger partial charge in [0.05, 0.1) is 0 Å². The lowest BCUT2D eigenvalue weighted by molar-refractivity contribution is 0.179. The zero-order valence-electron chi connectivity index (χ0n) is 14.3. The quantitative estimate of drug-likeness (QED) is 0.888. The summed E-state index contributed by atoms with van der Waals surface area (Å²) in [6.07, 6.45) is 10.1. The zero-order valence-corrected chi connectivity index (χ0v) is 14.3. The molecule has 2 aromatic rings. The molecule has 2 aliphatic rings. The first kappa shape index (κ1) is 16.1. The minimum absolute atomic E-state index is 0.0881. The second kappa shape index (κ2) is 7.23. The number of rotatable bonds is 4. The van der Waals surface area contributed by atoms with Crippen molar-refractivity contribution in [3.05, 3.63) is 42.4 Å². The van der Waals surface area contributed by atoms with Crippen LogP contribution in [0.2, 0.25) is 0 Å². The van der Waals surface area contributed by atoms with E-state index in [2.05, 4.69) is 25.6 Å².